The summed E-state index contributed by atoms with van der Waals surface area (Å²) in [6.07, 6.45) is 0. The van der Waals surface area contributed by atoms with Gasteiger partial charge in [-0.1, -0.05) is 48.5 Å². The van der Waals surface area contributed by atoms with Gasteiger partial charge < -0.3 is 19.2 Å². The molecule has 174 valence electrons. The molecule has 0 N–H and O–H groups in total. The Labute approximate surface area is 201 Å². The van der Waals surface area contributed by atoms with Gasteiger partial charge in [0.15, 0.2) is 5.75 Å². The predicted molar refractivity (Wildman–Crippen MR) is 133 cm³/mol. The number of hydrogen-bond donors (Lipinski definition) is 0. The van der Waals surface area contributed by atoms with E-state index in [1.54, 1.807) is 18.2 Å². The van der Waals surface area contributed by atoms with Crippen LogP contribution in [-0.2, 0) is 6.54 Å². The molecule has 0 aliphatic carbocycles. The fraction of sp³-hybridized carbons (Fsp3) is 0.107. The second kappa shape index (κ2) is 8.95. The van der Waals surface area contributed by atoms with Crippen LogP contribution in [0.2, 0.25) is 0 Å². The number of aromatic nitrogens is 1. The zero-order valence-corrected chi connectivity index (χ0v) is 18.9. The Balaban J connectivity index is 1.89. The van der Waals surface area contributed by atoms with Crippen molar-refractivity contribution in [2.75, 3.05) is 6.61 Å². The number of carboxylic acids is 1. The molecule has 0 atom stereocenters. The molecular formula is C28H21N2O5-. The minimum Gasteiger partial charge on any atom is -0.545 e. The highest BCUT2D eigenvalue weighted by atomic mass is 16.6. The number of rotatable bonds is 7. The molecule has 1 aromatic heterocycles. The number of carbonyl (C=O) groups is 1. The molecule has 0 aliphatic rings. The van der Waals surface area contributed by atoms with Gasteiger partial charge in [-0.25, -0.2) is 0 Å². The summed E-state index contributed by atoms with van der Waals surface area (Å²) in [5.74, 6) is -0.780. The van der Waals surface area contributed by atoms with Crippen molar-refractivity contribution in [1.82, 2.24) is 4.57 Å². The fourth-order valence-electron chi connectivity index (χ4n) is 4.58. The number of benzene rings is 4. The Hall–Kier alpha value is -4.65. The van der Waals surface area contributed by atoms with Crippen molar-refractivity contribution in [2.45, 2.75) is 13.5 Å². The van der Waals surface area contributed by atoms with Crippen LogP contribution in [0.3, 0.4) is 0 Å². The number of carboxylic acid groups (broad SMARTS) is 1. The van der Waals surface area contributed by atoms with Gasteiger partial charge in [0.1, 0.15) is 0 Å². The third kappa shape index (κ3) is 3.87. The van der Waals surface area contributed by atoms with E-state index < -0.39 is 10.9 Å². The molecule has 0 bridgehead atoms. The highest BCUT2D eigenvalue weighted by Gasteiger charge is 2.23. The first kappa shape index (κ1) is 22.2. The summed E-state index contributed by atoms with van der Waals surface area (Å²) in [4.78, 5) is 23.0. The van der Waals surface area contributed by atoms with E-state index in [9.17, 15) is 20.0 Å². The number of fused-ring (bicyclic) bond motifs is 3. The Kier molecular flexibility index (Phi) is 5.66. The van der Waals surface area contributed by atoms with Crippen molar-refractivity contribution in [3.8, 4) is 16.9 Å². The van der Waals surface area contributed by atoms with Gasteiger partial charge in [0.25, 0.3) is 5.69 Å². The third-order valence-corrected chi connectivity index (χ3v) is 6.07. The van der Waals surface area contributed by atoms with E-state index in [4.69, 9.17) is 4.74 Å². The molecular weight excluding hydrogens is 444 g/mol. The number of para-hydroxylation sites is 1. The predicted octanol–water partition coefficient (Wildman–Crippen LogP) is 5.18. The summed E-state index contributed by atoms with van der Waals surface area (Å²) in [6.45, 7) is 2.72. The maximum absolute atomic E-state index is 12.4. The zero-order chi connectivity index (χ0) is 24.5. The van der Waals surface area contributed by atoms with Gasteiger partial charge in [-0.15, -0.1) is 0 Å². The Morgan fingerprint density at radius 3 is 2.31 bits per heavy atom. The second-order valence-corrected chi connectivity index (χ2v) is 8.14. The lowest BCUT2D eigenvalue weighted by atomic mass is 9.97. The molecule has 0 spiro atoms. The average molecular weight is 465 g/mol. The quantitative estimate of drug-likeness (QED) is 0.244. The molecule has 0 saturated heterocycles. The largest absolute Gasteiger partial charge is 0.545 e. The van der Waals surface area contributed by atoms with Gasteiger partial charge in [-0.3, -0.25) is 10.1 Å². The van der Waals surface area contributed by atoms with Crippen molar-refractivity contribution in [1.29, 1.82) is 0 Å². The van der Waals surface area contributed by atoms with E-state index in [0.29, 0.717) is 40.9 Å². The van der Waals surface area contributed by atoms with Gasteiger partial charge in [-0.2, -0.15) is 0 Å². The first-order valence-electron chi connectivity index (χ1n) is 11.2. The highest BCUT2D eigenvalue weighted by Crippen LogP contribution is 2.44. The van der Waals surface area contributed by atoms with Crippen LogP contribution in [0.1, 0.15) is 22.8 Å². The molecule has 7 nitrogen and oxygen atoms in total. The van der Waals surface area contributed by atoms with E-state index in [-0.39, 0.29) is 11.3 Å². The van der Waals surface area contributed by atoms with Crippen molar-refractivity contribution < 1.29 is 19.6 Å². The van der Waals surface area contributed by atoms with Crippen LogP contribution >= 0.6 is 0 Å². The van der Waals surface area contributed by atoms with Crippen molar-refractivity contribution in [3.63, 3.8) is 0 Å². The number of non-ortho nitro benzene ring substituents is 1. The SMILES string of the molecule is CCOc1c(-c2ccc([N+](=O)[O-])cc2)cc(C(=O)[O-])c2c3ccccc3n(Cc3ccccc3)c12. The molecule has 0 unspecified atom stereocenters. The first-order chi connectivity index (χ1) is 17.0. The minimum absolute atomic E-state index is 0.0415. The zero-order valence-electron chi connectivity index (χ0n) is 18.9. The molecule has 5 aromatic rings. The van der Waals surface area contributed by atoms with Gasteiger partial charge in [0.2, 0.25) is 0 Å². The lowest BCUT2D eigenvalue weighted by molar-refractivity contribution is -0.384. The lowest BCUT2D eigenvalue weighted by Gasteiger charge is -2.18. The number of hydrogen-bond acceptors (Lipinski definition) is 5. The van der Waals surface area contributed by atoms with E-state index in [1.165, 1.54) is 12.1 Å². The van der Waals surface area contributed by atoms with Crippen LogP contribution in [-0.4, -0.2) is 22.1 Å². The molecule has 0 saturated carbocycles. The number of nitro benzene ring substituents is 1. The number of carbonyl (C=O) groups excluding carboxylic acids is 1. The maximum atomic E-state index is 12.4. The van der Waals surface area contributed by atoms with Gasteiger partial charge in [0.05, 0.1) is 23.0 Å². The van der Waals surface area contributed by atoms with Gasteiger partial charge in [0, 0.05) is 46.1 Å². The van der Waals surface area contributed by atoms with E-state index in [0.717, 1.165) is 16.5 Å². The van der Waals surface area contributed by atoms with Crippen molar-refractivity contribution >= 4 is 33.5 Å². The number of aromatic carboxylic acids is 1. The minimum atomic E-state index is -1.30. The summed E-state index contributed by atoms with van der Waals surface area (Å²) in [5.41, 5.74) is 3.70. The first-order valence-corrected chi connectivity index (χ1v) is 11.2. The Morgan fingerprint density at radius 1 is 0.971 bits per heavy atom. The van der Waals surface area contributed by atoms with Crippen LogP contribution in [0, 0.1) is 10.1 Å². The monoisotopic (exact) mass is 465 g/mol. The van der Waals surface area contributed by atoms with Crippen LogP contribution in [0.4, 0.5) is 5.69 Å². The molecule has 5 rings (SSSR count). The molecule has 4 aromatic carbocycles. The highest BCUT2D eigenvalue weighted by molar-refractivity contribution is 6.19. The topological polar surface area (TPSA) is 97.4 Å². The summed E-state index contributed by atoms with van der Waals surface area (Å²) in [5, 5.41) is 24.9. The molecule has 0 aliphatic heterocycles. The number of nitro groups is 1. The summed E-state index contributed by atoms with van der Waals surface area (Å²) < 4.78 is 8.22. The maximum Gasteiger partial charge on any atom is 0.269 e. The van der Waals surface area contributed by atoms with Crippen molar-refractivity contribution in [3.05, 3.63) is 106 Å². The van der Waals surface area contributed by atoms with E-state index in [1.807, 2.05) is 61.5 Å². The summed E-state index contributed by atoms with van der Waals surface area (Å²) >= 11 is 0. The van der Waals surface area contributed by atoms with E-state index in [2.05, 4.69) is 4.57 Å². The van der Waals surface area contributed by atoms with Crippen LogP contribution in [0.5, 0.6) is 5.75 Å². The normalized spacial score (nSPS) is 11.1. The van der Waals surface area contributed by atoms with Crippen molar-refractivity contribution in [2.24, 2.45) is 0 Å². The summed E-state index contributed by atoms with van der Waals surface area (Å²) in [6, 6.07) is 25.1. The van der Waals surface area contributed by atoms with Crippen LogP contribution < -0.4 is 9.84 Å². The van der Waals surface area contributed by atoms with Crippen LogP contribution in [0.25, 0.3) is 32.9 Å². The Morgan fingerprint density at radius 2 is 1.66 bits per heavy atom. The molecule has 7 heteroatoms. The number of ether oxygens (including phenoxy) is 1. The second-order valence-electron chi connectivity index (χ2n) is 8.14. The van der Waals surface area contributed by atoms with E-state index >= 15 is 0 Å². The van der Waals surface area contributed by atoms with Crippen LogP contribution in [0.15, 0.2) is 84.9 Å². The molecule has 1 heterocycles. The van der Waals surface area contributed by atoms with Gasteiger partial charge in [-0.05, 0) is 42.3 Å². The third-order valence-electron chi connectivity index (χ3n) is 6.07. The average Bonchev–Trinajstić information content (AvgIpc) is 3.19. The molecule has 0 fully saturated rings. The molecule has 0 radical (unpaired) electrons. The summed E-state index contributed by atoms with van der Waals surface area (Å²) in [7, 11) is 0. The molecule has 0 amide bonds. The Bertz CT molecular complexity index is 1570. The standard InChI is InChI=1S/C28H22N2O5/c1-2-35-27-22(19-12-14-20(15-13-19)30(33)34)16-23(28(31)32)25-21-10-6-7-11-24(21)29(26(25)27)17-18-8-4-3-5-9-18/h3-16H,2,17H2,1H3,(H,31,32)/p-1. The number of nitrogens with zero attached hydrogens (tertiary/aromatic N) is 2. The lowest BCUT2D eigenvalue weighted by Crippen LogP contribution is -2.22. The molecule has 35 heavy (non-hydrogen) atoms. The fourth-order valence-corrected chi connectivity index (χ4v) is 4.58. The smallest absolute Gasteiger partial charge is 0.269 e. The van der Waals surface area contributed by atoms with Gasteiger partial charge >= 0.3 is 0 Å².